The number of fused-ring (bicyclic) bond motifs is 1. The lowest BCUT2D eigenvalue weighted by atomic mass is 9.96. The van der Waals surface area contributed by atoms with Crippen LogP contribution in [0.5, 0.6) is 0 Å². The highest BCUT2D eigenvalue weighted by molar-refractivity contribution is 7.25. The first-order valence-electron chi connectivity index (χ1n) is 7.79. The van der Waals surface area contributed by atoms with Gasteiger partial charge >= 0.3 is 0 Å². The summed E-state index contributed by atoms with van der Waals surface area (Å²) >= 11 is 3.75. The third kappa shape index (κ3) is 2.43. The van der Waals surface area contributed by atoms with E-state index in [-0.39, 0.29) is 0 Å². The molecule has 2 heterocycles. The SMILES string of the molecule is Cc1cc(C)c(-c2sc(-c3cccs3)c3ccccc23)c(C)c1. The zero-order valence-corrected chi connectivity index (χ0v) is 15.1. The Bertz CT molecular complexity index is 965. The van der Waals surface area contributed by atoms with E-state index in [2.05, 4.69) is 74.7 Å². The molecule has 0 radical (unpaired) electrons. The van der Waals surface area contributed by atoms with Gasteiger partial charge in [0, 0.05) is 20.5 Å². The topological polar surface area (TPSA) is 0 Å². The van der Waals surface area contributed by atoms with Gasteiger partial charge in [0.25, 0.3) is 0 Å². The zero-order valence-electron chi connectivity index (χ0n) is 13.5. The second-order valence-electron chi connectivity index (χ2n) is 6.06. The van der Waals surface area contributed by atoms with E-state index in [0.29, 0.717) is 0 Å². The molecule has 0 atom stereocenters. The highest BCUT2D eigenvalue weighted by atomic mass is 32.1. The van der Waals surface area contributed by atoms with Gasteiger partial charge in [-0.15, -0.1) is 22.7 Å². The van der Waals surface area contributed by atoms with Crippen LogP contribution in [-0.2, 0) is 0 Å². The summed E-state index contributed by atoms with van der Waals surface area (Å²) in [6.45, 7) is 6.64. The Morgan fingerprint density at radius 2 is 1.39 bits per heavy atom. The van der Waals surface area contributed by atoms with Crippen LogP contribution in [0.25, 0.3) is 31.0 Å². The number of benzene rings is 2. The summed E-state index contributed by atoms with van der Waals surface area (Å²) < 4.78 is 0. The second-order valence-corrected chi connectivity index (χ2v) is 8.03. The molecular formula is C21H18S2. The van der Waals surface area contributed by atoms with Crippen LogP contribution in [0.3, 0.4) is 0 Å². The first-order chi connectivity index (χ1) is 11.1. The number of rotatable bonds is 2. The molecule has 0 spiro atoms. The molecule has 2 aromatic carbocycles. The van der Waals surface area contributed by atoms with E-state index in [0.717, 1.165) is 0 Å². The van der Waals surface area contributed by atoms with Crippen LogP contribution < -0.4 is 0 Å². The van der Waals surface area contributed by atoms with Gasteiger partial charge in [0.05, 0.1) is 4.88 Å². The van der Waals surface area contributed by atoms with Crippen molar-refractivity contribution in [3.05, 3.63) is 70.6 Å². The standard InChI is InChI=1S/C21H18S2/c1-13-11-14(2)19(15(3)12-13)21-17-8-5-4-7-16(17)20(23-21)18-9-6-10-22-18/h4-12H,1-3H3. The molecule has 114 valence electrons. The average molecular weight is 335 g/mol. The van der Waals surface area contributed by atoms with E-state index in [9.17, 15) is 0 Å². The minimum Gasteiger partial charge on any atom is -0.143 e. The molecule has 2 aromatic heterocycles. The van der Waals surface area contributed by atoms with E-state index in [1.807, 2.05) is 22.7 Å². The summed E-state index contributed by atoms with van der Waals surface area (Å²) in [7, 11) is 0. The van der Waals surface area contributed by atoms with Crippen molar-refractivity contribution in [1.82, 2.24) is 0 Å². The van der Waals surface area contributed by atoms with Crippen LogP contribution in [0.1, 0.15) is 16.7 Å². The van der Waals surface area contributed by atoms with Gasteiger partial charge < -0.3 is 0 Å². The largest absolute Gasteiger partial charge is 0.143 e. The lowest BCUT2D eigenvalue weighted by molar-refractivity contribution is 1.33. The Morgan fingerprint density at radius 3 is 2.00 bits per heavy atom. The van der Waals surface area contributed by atoms with Gasteiger partial charge in [-0.3, -0.25) is 0 Å². The molecule has 23 heavy (non-hydrogen) atoms. The summed E-state index contributed by atoms with van der Waals surface area (Å²) in [5, 5.41) is 4.90. The third-order valence-corrected chi connectivity index (χ3v) is 6.56. The zero-order chi connectivity index (χ0) is 16.0. The molecular weight excluding hydrogens is 316 g/mol. The molecule has 4 aromatic rings. The van der Waals surface area contributed by atoms with Crippen molar-refractivity contribution in [3.8, 4) is 20.2 Å². The Labute approximate surface area is 145 Å². The monoisotopic (exact) mass is 334 g/mol. The maximum absolute atomic E-state index is 2.29. The fourth-order valence-electron chi connectivity index (χ4n) is 3.41. The predicted molar refractivity (Wildman–Crippen MR) is 105 cm³/mol. The van der Waals surface area contributed by atoms with Gasteiger partial charge in [0.1, 0.15) is 0 Å². The van der Waals surface area contributed by atoms with E-state index >= 15 is 0 Å². The van der Waals surface area contributed by atoms with Crippen molar-refractivity contribution in [1.29, 1.82) is 0 Å². The molecule has 4 rings (SSSR count). The molecule has 0 bridgehead atoms. The molecule has 0 nitrogen and oxygen atoms in total. The van der Waals surface area contributed by atoms with E-state index < -0.39 is 0 Å². The molecule has 0 amide bonds. The van der Waals surface area contributed by atoms with Crippen LogP contribution in [0.2, 0.25) is 0 Å². The number of aryl methyl sites for hydroxylation is 3. The number of thiophene rings is 2. The normalized spacial score (nSPS) is 11.3. The fourth-order valence-corrected chi connectivity index (χ4v) is 5.73. The van der Waals surface area contributed by atoms with Gasteiger partial charge in [-0.25, -0.2) is 0 Å². The number of hydrogen-bond acceptors (Lipinski definition) is 2. The maximum Gasteiger partial charge on any atom is 0.0527 e. The molecule has 0 N–H and O–H groups in total. The van der Waals surface area contributed by atoms with Gasteiger partial charge in [0.15, 0.2) is 0 Å². The Hall–Kier alpha value is -1.90. The molecule has 0 saturated carbocycles. The minimum atomic E-state index is 1.34. The van der Waals surface area contributed by atoms with Crippen molar-refractivity contribution in [2.75, 3.05) is 0 Å². The predicted octanol–water partition coefficient (Wildman–Crippen LogP) is 7.22. The molecule has 0 aliphatic carbocycles. The first kappa shape index (κ1) is 14.7. The lowest BCUT2D eigenvalue weighted by Gasteiger charge is -2.10. The van der Waals surface area contributed by atoms with Gasteiger partial charge in [-0.2, -0.15) is 0 Å². The lowest BCUT2D eigenvalue weighted by Crippen LogP contribution is -1.88. The van der Waals surface area contributed by atoms with E-state index in [4.69, 9.17) is 0 Å². The van der Waals surface area contributed by atoms with Gasteiger partial charge in [-0.05, 0) is 48.9 Å². The summed E-state index contributed by atoms with van der Waals surface area (Å²) in [6, 6.07) is 17.8. The average Bonchev–Trinajstić information content (AvgIpc) is 3.14. The molecule has 0 unspecified atom stereocenters. The van der Waals surface area contributed by atoms with Gasteiger partial charge in [-0.1, -0.05) is 48.0 Å². The van der Waals surface area contributed by atoms with Crippen LogP contribution >= 0.6 is 22.7 Å². The second kappa shape index (κ2) is 5.63. The summed E-state index contributed by atoms with van der Waals surface area (Å²) in [6.07, 6.45) is 0. The Balaban J connectivity index is 2.06. The first-order valence-corrected chi connectivity index (χ1v) is 9.48. The number of hydrogen-bond donors (Lipinski definition) is 0. The highest BCUT2D eigenvalue weighted by Gasteiger charge is 2.17. The molecule has 0 saturated heterocycles. The molecule has 0 fully saturated rings. The van der Waals surface area contributed by atoms with Crippen molar-refractivity contribution in [3.63, 3.8) is 0 Å². The van der Waals surface area contributed by atoms with E-state index in [1.165, 1.54) is 47.7 Å². The summed E-state index contributed by atoms with van der Waals surface area (Å²) in [5.41, 5.74) is 5.47. The Kier molecular flexibility index (Phi) is 3.59. The third-order valence-electron chi connectivity index (χ3n) is 4.27. The van der Waals surface area contributed by atoms with Crippen molar-refractivity contribution < 1.29 is 0 Å². The van der Waals surface area contributed by atoms with Crippen molar-refractivity contribution >= 4 is 33.4 Å². The van der Waals surface area contributed by atoms with Crippen molar-refractivity contribution in [2.45, 2.75) is 20.8 Å². The summed E-state index contributed by atoms with van der Waals surface area (Å²) in [5.74, 6) is 0. The highest BCUT2D eigenvalue weighted by Crippen LogP contribution is 2.46. The van der Waals surface area contributed by atoms with E-state index in [1.54, 1.807) is 0 Å². The van der Waals surface area contributed by atoms with Crippen LogP contribution in [0.4, 0.5) is 0 Å². The van der Waals surface area contributed by atoms with Crippen molar-refractivity contribution in [2.24, 2.45) is 0 Å². The molecule has 2 heteroatoms. The Morgan fingerprint density at radius 1 is 0.739 bits per heavy atom. The van der Waals surface area contributed by atoms with Crippen LogP contribution in [0.15, 0.2) is 53.9 Å². The summed E-state index contributed by atoms with van der Waals surface area (Å²) in [4.78, 5) is 4.16. The smallest absolute Gasteiger partial charge is 0.0527 e. The van der Waals surface area contributed by atoms with Crippen LogP contribution in [-0.4, -0.2) is 0 Å². The van der Waals surface area contributed by atoms with Crippen LogP contribution in [0, 0.1) is 20.8 Å². The van der Waals surface area contributed by atoms with Gasteiger partial charge in [0.2, 0.25) is 0 Å². The molecule has 0 aliphatic rings. The quantitative estimate of drug-likeness (QED) is 0.363. The fraction of sp³-hybridized carbons (Fsp3) is 0.143. The maximum atomic E-state index is 2.29. The minimum absolute atomic E-state index is 1.34. The molecule has 0 aliphatic heterocycles.